The van der Waals surface area contributed by atoms with Crippen LogP contribution in [0.1, 0.15) is 0 Å². The Labute approximate surface area is 156 Å². The van der Waals surface area contributed by atoms with Gasteiger partial charge in [0.05, 0.1) is 19.9 Å². The molecule has 0 unspecified atom stereocenters. The lowest BCUT2D eigenvalue weighted by Gasteiger charge is -2.11. The maximum Gasteiger partial charge on any atom is 0.223 e. The van der Waals surface area contributed by atoms with Gasteiger partial charge in [-0.05, 0) is 47.2 Å². The summed E-state index contributed by atoms with van der Waals surface area (Å²) in [5.41, 5.74) is 3.36. The molecule has 0 aliphatic heterocycles. The minimum Gasteiger partial charge on any atom is -0.497 e. The first-order valence-electron chi connectivity index (χ1n) is 8.33. The molecule has 7 heteroatoms. The van der Waals surface area contributed by atoms with Crippen molar-refractivity contribution in [2.45, 2.75) is 0 Å². The molecule has 0 spiro atoms. The van der Waals surface area contributed by atoms with E-state index in [-0.39, 0.29) is 0 Å². The molecule has 2 aromatic carbocycles. The highest BCUT2D eigenvalue weighted by Gasteiger charge is 2.12. The normalized spacial score (nSPS) is 10.6. The number of methoxy groups -OCH3 is 2. The van der Waals surface area contributed by atoms with Gasteiger partial charge in [-0.2, -0.15) is 0 Å². The number of hydrogen-bond donors (Lipinski definition) is 0. The quantitative estimate of drug-likeness (QED) is 0.544. The predicted octanol–water partition coefficient (Wildman–Crippen LogP) is 3.41. The summed E-state index contributed by atoms with van der Waals surface area (Å²) in [5, 5.41) is 12.6. The van der Waals surface area contributed by atoms with Crippen LogP contribution in [0.2, 0.25) is 0 Å². The monoisotopic (exact) mass is 359 g/mol. The Morgan fingerprint density at radius 3 is 2.59 bits per heavy atom. The van der Waals surface area contributed by atoms with Gasteiger partial charge in [0.2, 0.25) is 5.82 Å². The van der Waals surface area contributed by atoms with Crippen molar-refractivity contribution in [3.63, 3.8) is 0 Å². The molecular weight excluding hydrogens is 342 g/mol. The highest BCUT2D eigenvalue weighted by Crippen LogP contribution is 2.33. The summed E-state index contributed by atoms with van der Waals surface area (Å²) < 4.78 is 10.9. The Morgan fingerprint density at radius 2 is 1.81 bits per heavy atom. The molecule has 4 aromatic rings. The van der Waals surface area contributed by atoms with Gasteiger partial charge in [0, 0.05) is 17.8 Å². The maximum absolute atomic E-state index is 5.58. The summed E-state index contributed by atoms with van der Waals surface area (Å²) in [6.45, 7) is 0. The SMILES string of the molecule is COc1cccc(-c2ccc(-n3nnc(-c4ccccn4)n3)cc2OC)c1. The van der Waals surface area contributed by atoms with Gasteiger partial charge in [0.15, 0.2) is 0 Å². The third-order valence-electron chi connectivity index (χ3n) is 4.10. The van der Waals surface area contributed by atoms with Gasteiger partial charge in [-0.3, -0.25) is 4.98 Å². The van der Waals surface area contributed by atoms with Crippen LogP contribution in [0.15, 0.2) is 66.9 Å². The van der Waals surface area contributed by atoms with Crippen molar-refractivity contribution in [3.8, 4) is 39.8 Å². The molecule has 0 atom stereocenters. The largest absolute Gasteiger partial charge is 0.497 e. The van der Waals surface area contributed by atoms with Crippen molar-refractivity contribution in [2.75, 3.05) is 14.2 Å². The van der Waals surface area contributed by atoms with Gasteiger partial charge >= 0.3 is 0 Å². The smallest absolute Gasteiger partial charge is 0.223 e. The van der Waals surface area contributed by atoms with Crippen LogP contribution in [0.3, 0.4) is 0 Å². The molecule has 0 radical (unpaired) electrons. The summed E-state index contributed by atoms with van der Waals surface area (Å²) in [7, 11) is 3.28. The third kappa shape index (κ3) is 3.35. The summed E-state index contributed by atoms with van der Waals surface area (Å²) in [6.07, 6.45) is 1.70. The van der Waals surface area contributed by atoms with Crippen molar-refractivity contribution in [1.29, 1.82) is 0 Å². The Hall–Kier alpha value is -3.74. The average molecular weight is 359 g/mol. The molecule has 0 N–H and O–H groups in total. The van der Waals surface area contributed by atoms with Gasteiger partial charge in [-0.25, -0.2) is 0 Å². The fraction of sp³-hybridized carbons (Fsp3) is 0.100. The molecular formula is C20H17N5O2. The average Bonchev–Trinajstić information content (AvgIpc) is 3.24. The topological polar surface area (TPSA) is 75.0 Å². The van der Waals surface area contributed by atoms with Crippen molar-refractivity contribution < 1.29 is 9.47 Å². The summed E-state index contributed by atoms with van der Waals surface area (Å²) in [6, 6.07) is 19.1. The van der Waals surface area contributed by atoms with Crippen LogP contribution >= 0.6 is 0 Å². The van der Waals surface area contributed by atoms with Crippen LogP contribution in [-0.2, 0) is 0 Å². The van der Waals surface area contributed by atoms with E-state index in [1.165, 1.54) is 4.80 Å². The van der Waals surface area contributed by atoms with Crippen LogP contribution in [0.5, 0.6) is 11.5 Å². The zero-order chi connectivity index (χ0) is 18.6. The minimum absolute atomic E-state index is 0.464. The van der Waals surface area contributed by atoms with Crippen LogP contribution in [0, 0.1) is 0 Å². The maximum atomic E-state index is 5.58. The zero-order valence-corrected chi connectivity index (χ0v) is 14.9. The number of pyridine rings is 1. The van der Waals surface area contributed by atoms with E-state index in [0.29, 0.717) is 17.3 Å². The van der Waals surface area contributed by atoms with Crippen LogP contribution in [0.4, 0.5) is 0 Å². The standard InChI is InChI=1S/C20H17N5O2/c1-26-16-7-5-6-14(12-16)17-10-9-15(13-19(17)27-2)25-23-20(22-24-25)18-8-3-4-11-21-18/h3-13H,1-2H3. The molecule has 0 saturated carbocycles. The van der Waals surface area contributed by atoms with Gasteiger partial charge in [-0.1, -0.05) is 18.2 Å². The van der Waals surface area contributed by atoms with Gasteiger partial charge < -0.3 is 9.47 Å². The number of rotatable bonds is 5. The molecule has 0 aliphatic carbocycles. The van der Waals surface area contributed by atoms with Gasteiger partial charge in [0.1, 0.15) is 17.2 Å². The lowest BCUT2D eigenvalue weighted by Crippen LogP contribution is -2.00. The molecule has 2 heterocycles. The molecule has 7 nitrogen and oxygen atoms in total. The molecule has 4 rings (SSSR count). The summed E-state index contributed by atoms with van der Waals surface area (Å²) >= 11 is 0. The van der Waals surface area contributed by atoms with Gasteiger partial charge in [0.25, 0.3) is 0 Å². The van der Waals surface area contributed by atoms with E-state index in [9.17, 15) is 0 Å². The second-order valence-electron chi connectivity index (χ2n) is 5.73. The lowest BCUT2D eigenvalue weighted by atomic mass is 10.0. The number of aromatic nitrogens is 5. The molecule has 27 heavy (non-hydrogen) atoms. The van der Waals surface area contributed by atoms with Crippen LogP contribution in [-0.4, -0.2) is 39.4 Å². The second kappa shape index (κ2) is 7.25. The Balaban J connectivity index is 1.70. The predicted molar refractivity (Wildman–Crippen MR) is 101 cm³/mol. The second-order valence-corrected chi connectivity index (χ2v) is 5.73. The molecule has 0 bridgehead atoms. The van der Waals surface area contributed by atoms with Crippen molar-refractivity contribution >= 4 is 0 Å². The first-order valence-corrected chi connectivity index (χ1v) is 8.33. The van der Waals surface area contributed by atoms with Gasteiger partial charge in [-0.15, -0.1) is 15.0 Å². The first kappa shape index (κ1) is 16.7. The van der Waals surface area contributed by atoms with E-state index >= 15 is 0 Å². The van der Waals surface area contributed by atoms with E-state index in [1.807, 2.05) is 60.7 Å². The summed E-state index contributed by atoms with van der Waals surface area (Å²) in [4.78, 5) is 5.71. The van der Waals surface area contributed by atoms with E-state index in [1.54, 1.807) is 20.4 Å². The molecule has 2 aromatic heterocycles. The number of ether oxygens (including phenoxy) is 2. The molecule has 134 valence electrons. The highest BCUT2D eigenvalue weighted by molar-refractivity contribution is 5.73. The highest BCUT2D eigenvalue weighted by atomic mass is 16.5. The fourth-order valence-corrected chi connectivity index (χ4v) is 2.75. The van der Waals surface area contributed by atoms with Crippen LogP contribution in [0.25, 0.3) is 28.3 Å². The summed E-state index contributed by atoms with van der Waals surface area (Å²) in [5.74, 6) is 1.96. The van der Waals surface area contributed by atoms with Crippen molar-refractivity contribution in [1.82, 2.24) is 25.2 Å². The third-order valence-corrected chi connectivity index (χ3v) is 4.10. The van der Waals surface area contributed by atoms with Crippen molar-refractivity contribution in [3.05, 3.63) is 66.9 Å². The van der Waals surface area contributed by atoms with Crippen LogP contribution < -0.4 is 9.47 Å². The Morgan fingerprint density at radius 1 is 0.889 bits per heavy atom. The Kier molecular flexibility index (Phi) is 4.49. The van der Waals surface area contributed by atoms with E-state index in [4.69, 9.17) is 9.47 Å². The number of nitrogens with zero attached hydrogens (tertiary/aromatic N) is 5. The lowest BCUT2D eigenvalue weighted by molar-refractivity contribution is 0.413. The molecule has 0 fully saturated rings. The van der Waals surface area contributed by atoms with E-state index < -0.39 is 0 Å². The Bertz CT molecular complexity index is 1060. The zero-order valence-electron chi connectivity index (χ0n) is 14.9. The molecule has 0 aliphatic rings. The fourth-order valence-electron chi connectivity index (χ4n) is 2.75. The number of hydrogen-bond acceptors (Lipinski definition) is 6. The van der Waals surface area contributed by atoms with E-state index in [0.717, 1.165) is 22.6 Å². The number of benzene rings is 2. The first-order chi connectivity index (χ1) is 13.3. The molecule has 0 saturated heterocycles. The number of tetrazole rings is 1. The minimum atomic E-state index is 0.464. The molecule has 0 amide bonds. The van der Waals surface area contributed by atoms with Crippen molar-refractivity contribution in [2.24, 2.45) is 0 Å². The van der Waals surface area contributed by atoms with E-state index in [2.05, 4.69) is 20.4 Å².